The zero-order valence-corrected chi connectivity index (χ0v) is 16.5. The van der Waals surface area contributed by atoms with Gasteiger partial charge in [-0.25, -0.2) is 9.61 Å². The maximum Gasteiger partial charge on any atom is 0.199 e. The summed E-state index contributed by atoms with van der Waals surface area (Å²) in [5.74, 6) is 0.607. The minimum Gasteiger partial charge on any atom is -0.411 e. The molecule has 0 radical (unpaired) electrons. The monoisotopic (exact) mass is 414 g/mol. The Kier molecular flexibility index (Phi) is 6.43. The Morgan fingerprint density at radius 3 is 2.48 bits per heavy atom. The number of oxime groups is 1. The Morgan fingerprint density at radius 1 is 1.17 bits per heavy atom. The number of aromatic nitrogens is 4. The molecule has 2 aromatic heterocycles. The van der Waals surface area contributed by atoms with E-state index in [4.69, 9.17) is 22.0 Å². The molecule has 4 aromatic rings. The Morgan fingerprint density at radius 2 is 1.86 bits per heavy atom. The number of halogens is 1. The van der Waals surface area contributed by atoms with Crippen molar-refractivity contribution in [2.45, 2.75) is 6.54 Å². The molecule has 0 unspecified atom stereocenters. The van der Waals surface area contributed by atoms with E-state index in [9.17, 15) is 5.21 Å². The number of methoxy groups -OCH3 is 1. The van der Waals surface area contributed by atoms with Gasteiger partial charge in [0.05, 0.1) is 17.6 Å². The number of anilines is 1. The van der Waals surface area contributed by atoms with Gasteiger partial charge in [0.25, 0.3) is 0 Å². The molecular formula is C19H19ClN6O3. The highest BCUT2D eigenvalue weighted by Gasteiger charge is 2.20. The van der Waals surface area contributed by atoms with Crippen LogP contribution in [0.4, 0.5) is 5.82 Å². The number of imidazole rings is 1. The number of rotatable bonds is 4. The average molecular weight is 415 g/mol. The zero-order chi connectivity index (χ0) is 20.8. The number of fused-ring (bicyclic) bond motifs is 1. The number of nitrogen functional groups attached to an aromatic ring is 1. The SMILES string of the molecule is COC.Nc1nonc1-c1nc2ccccc2n1CC(=NO)c1ccc(Cl)cc1. The molecular weight excluding hydrogens is 396 g/mol. The Bertz CT molecular complexity index is 1120. The fourth-order valence-electron chi connectivity index (χ4n) is 2.74. The lowest BCUT2D eigenvalue weighted by molar-refractivity contribution is 0.277. The summed E-state index contributed by atoms with van der Waals surface area (Å²) in [4.78, 5) is 4.57. The summed E-state index contributed by atoms with van der Waals surface area (Å²) in [5, 5.41) is 21.1. The standard InChI is InChI=1S/C17H13ClN6O2.C2H6O/c18-11-7-5-10(6-8-11)13(21-25)9-24-14-4-2-1-3-12(14)20-17(24)15-16(19)23-26-22-15;1-3-2/h1-8,25H,9H2,(H2,19,23);1-2H3. The second-order valence-corrected chi connectivity index (χ2v) is 6.41. The summed E-state index contributed by atoms with van der Waals surface area (Å²) in [5.41, 5.74) is 8.91. The Hall–Kier alpha value is -3.43. The molecule has 2 heterocycles. The number of hydrogen-bond acceptors (Lipinski definition) is 8. The third-order valence-electron chi connectivity index (χ3n) is 3.99. The Labute approximate surface area is 171 Å². The third kappa shape index (κ3) is 4.36. The van der Waals surface area contributed by atoms with Crippen LogP contribution in [0.3, 0.4) is 0 Å². The van der Waals surface area contributed by atoms with Crippen molar-refractivity contribution in [3.8, 4) is 11.5 Å². The molecule has 0 aliphatic heterocycles. The third-order valence-corrected chi connectivity index (χ3v) is 4.24. The van der Waals surface area contributed by atoms with Crippen LogP contribution in [0.1, 0.15) is 5.56 Å². The van der Waals surface area contributed by atoms with E-state index in [1.165, 1.54) is 0 Å². The summed E-state index contributed by atoms with van der Waals surface area (Å²) in [6.45, 7) is 0.236. The quantitative estimate of drug-likeness (QED) is 0.297. The molecule has 29 heavy (non-hydrogen) atoms. The number of nitrogens with zero attached hydrogens (tertiary/aromatic N) is 5. The highest BCUT2D eigenvalue weighted by atomic mass is 35.5. The lowest BCUT2D eigenvalue weighted by Gasteiger charge is -2.10. The smallest absolute Gasteiger partial charge is 0.199 e. The van der Waals surface area contributed by atoms with E-state index in [1.54, 1.807) is 38.5 Å². The molecule has 0 saturated carbocycles. The first kappa shape index (κ1) is 20.3. The minimum atomic E-state index is 0.135. The first-order valence-electron chi connectivity index (χ1n) is 8.49. The lowest BCUT2D eigenvalue weighted by Crippen LogP contribution is -2.13. The van der Waals surface area contributed by atoms with Crippen molar-refractivity contribution in [1.82, 2.24) is 19.9 Å². The molecule has 0 saturated heterocycles. The number of hydrogen-bond donors (Lipinski definition) is 2. The first-order valence-corrected chi connectivity index (χ1v) is 8.87. The average Bonchev–Trinajstić information content (AvgIpc) is 3.30. The maximum atomic E-state index is 9.55. The molecule has 0 spiro atoms. The number of benzene rings is 2. The Balaban J connectivity index is 0.000000755. The van der Waals surface area contributed by atoms with Crippen LogP contribution < -0.4 is 5.73 Å². The maximum absolute atomic E-state index is 9.55. The van der Waals surface area contributed by atoms with Crippen molar-refractivity contribution in [1.29, 1.82) is 0 Å². The minimum absolute atomic E-state index is 0.135. The van der Waals surface area contributed by atoms with E-state index in [1.807, 2.05) is 28.8 Å². The molecule has 150 valence electrons. The molecule has 4 rings (SSSR count). The highest BCUT2D eigenvalue weighted by Crippen LogP contribution is 2.27. The van der Waals surface area contributed by atoms with Gasteiger partial charge in [-0.15, -0.1) is 0 Å². The van der Waals surface area contributed by atoms with Gasteiger partial charge in [0.15, 0.2) is 17.3 Å². The summed E-state index contributed by atoms with van der Waals surface area (Å²) < 4.78 is 10.8. The van der Waals surface area contributed by atoms with Crippen LogP contribution in [0.15, 0.2) is 58.3 Å². The van der Waals surface area contributed by atoms with Gasteiger partial charge in [-0.05, 0) is 34.6 Å². The van der Waals surface area contributed by atoms with Gasteiger partial charge in [-0.2, -0.15) is 0 Å². The predicted octanol–water partition coefficient (Wildman–Crippen LogP) is 3.46. The van der Waals surface area contributed by atoms with Crippen molar-refractivity contribution >= 4 is 34.2 Å². The molecule has 0 atom stereocenters. The molecule has 0 amide bonds. The van der Waals surface area contributed by atoms with E-state index in [-0.39, 0.29) is 12.4 Å². The van der Waals surface area contributed by atoms with E-state index in [2.05, 4.69) is 25.2 Å². The summed E-state index contributed by atoms with van der Waals surface area (Å²) in [6, 6.07) is 14.6. The summed E-state index contributed by atoms with van der Waals surface area (Å²) >= 11 is 5.93. The van der Waals surface area contributed by atoms with E-state index < -0.39 is 0 Å². The predicted molar refractivity (Wildman–Crippen MR) is 110 cm³/mol. The normalized spacial score (nSPS) is 11.3. The van der Waals surface area contributed by atoms with Crippen LogP contribution >= 0.6 is 11.6 Å². The van der Waals surface area contributed by atoms with Crippen LogP contribution in [0, 0.1) is 0 Å². The first-order chi connectivity index (χ1) is 14.1. The topological polar surface area (TPSA) is 125 Å². The van der Waals surface area contributed by atoms with Gasteiger partial charge in [-0.3, -0.25) is 0 Å². The van der Waals surface area contributed by atoms with Crippen LogP contribution in [0.2, 0.25) is 5.02 Å². The van der Waals surface area contributed by atoms with Gasteiger partial charge >= 0.3 is 0 Å². The van der Waals surface area contributed by atoms with Crippen molar-refractivity contribution in [2.24, 2.45) is 5.16 Å². The summed E-state index contributed by atoms with van der Waals surface area (Å²) in [6.07, 6.45) is 0. The molecule has 10 heteroatoms. The zero-order valence-electron chi connectivity index (χ0n) is 15.8. The largest absolute Gasteiger partial charge is 0.411 e. The molecule has 0 bridgehead atoms. The highest BCUT2D eigenvalue weighted by molar-refractivity contribution is 6.30. The molecule has 0 fully saturated rings. The van der Waals surface area contributed by atoms with E-state index >= 15 is 0 Å². The van der Waals surface area contributed by atoms with Crippen LogP contribution in [0.25, 0.3) is 22.6 Å². The molecule has 9 nitrogen and oxygen atoms in total. The van der Waals surface area contributed by atoms with Crippen molar-refractivity contribution in [2.75, 3.05) is 20.0 Å². The number of para-hydroxylation sites is 2. The number of ether oxygens (including phenoxy) is 1. The number of nitrogens with two attached hydrogens (primary N) is 1. The summed E-state index contributed by atoms with van der Waals surface area (Å²) in [7, 11) is 3.25. The van der Waals surface area contributed by atoms with E-state index in [0.717, 1.165) is 16.6 Å². The van der Waals surface area contributed by atoms with Crippen molar-refractivity contribution < 1.29 is 14.6 Å². The molecule has 0 aliphatic rings. The second-order valence-electron chi connectivity index (χ2n) is 5.97. The molecule has 3 N–H and O–H groups in total. The van der Waals surface area contributed by atoms with E-state index in [0.29, 0.717) is 22.3 Å². The van der Waals surface area contributed by atoms with Gasteiger partial charge in [0.2, 0.25) is 0 Å². The fourth-order valence-corrected chi connectivity index (χ4v) is 2.87. The van der Waals surface area contributed by atoms with Crippen LogP contribution in [0.5, 0.6) is 0 Å². The van der Waals surface area contributed by atoms with Gasteiger partial charge in [0.1, 0.15) is 5.71 Å². The van der Waals surface area contributed by atoms with Crippen LogP contribution in [-0.2, 0) is 11.3 Å². The lowest BCUT2D eigenvalue weighted by atomic mass is 10.1. The van der Waals surface area contributed by atoms with Crippen LogP contribution in [-0.4, -0.2) is 45.0 Å². The van der Waals surface area contributed by atoms with Crippen molar-refractivity contribution in [3.05, 3.63) is 59.1 Å². The fraction of sp³-hybridized carbons (Fsp3) is 0.158. The van der Waals surface area contributed by atoms with Gasteiger partial charge < -0.3 is 20.2 Å². The molecule has 0 aliphatic carbocycles. The second kappa shape index (κ2) is 9.18. The molecule has 2 aromatic carbocycles. The van der Waals surface area contributed by atoms with Gasteiger partial charge in [-0.1, -0.05) is 41.0 Å². The van der Waals surface area contributed by atoms with Gasteiger partial charge in [0, 0.05) is 24.8 Å². The van der Waals surface area contributed by atoms with Crippen molar-refractivity contribution in [3.63, 3.8) is 0 Å².